The molecule has 1 aliphatic rings. The third kappa shape index (κ3) is 6.05. The summed E-state index contributed by atoms with van der Waals surface area (Å²) in [5, 5.41) is 5.35. The van der Waals surface area contributed by atoms with Crippen LogP contribution in [0.3, 0.4) is 0 Å². The van der Waals surface area contributed by atoms with E-state index >= 15 is 0 Å². The summed E-state index contributed by atoms with van der Waals surface area (Å²) in [7, 11) is 0. The SMILES string of the molecule is CC(=O)NC[C@H]1CN(c2ccc(-c3ccc(CNC(=O)[C@H](N)Cc4cnc[nH]4)cc3F)cc2)C(=O)O1. The van der Waals surface area contributed by atoms with E-state index < -0.39 is 24.1 Å². The summed E-state index contributed by atoms with van der Waals surface area (Å²) in [6.45, 7) is 2.08. The molecule has 5 N–H and O–H groups in total. The molecule has 0 bridgehead atoms. The van der Waals surface area contributed by atoms with Crippen LogP contribution in [0.4, 0.5) is 14.9 Å². The molecule has 10 nitrogen and oxygen atoms in total. The largest absolute Gasteiger partial charge is 0.442 e. The highest BCUT2D eigenvalue weighted by Crippen LogP contribution is 2.28. The van der Waals surface area contributed by atoms with Gasteiger partial charge in [-0.15, -0.1) is 0 Å². The van der Waals surface area contributed by atoms with Crippen molar-refractivity contribution in [3.05, 3.63) is 72.1 Å². The molecule has 0 radical (unpaired) electrons. The topological polar surface area (TPSA) is 142 Å². The monoisotopic (exact) mass is 494 g/mol. The van der Waals surface area contributed by atoms with Gasteiger partial charge in [-0.2, -0.15) is 0 Å². The first-order chi connectivity index (χ1) is 17.3. The number of aromatic nitrogens is 2. The maximum Gasteiger partial charge on any atom is 0.414 e. The van der Waals surface area contributed by atoms with Crippen LogP contribution in [-0.2, 0) is 27.3 Å². The van der Waals surface area contributed by atoms with Gasteiger partial charge < -0.3 is 26.1 Å². The van der Waals surface area contributed by atoms with Gasteiger partial charge in [0.15, 0.2) is 0 Å². The van der Waals surface area contributed by atoms with E-state index in [-0.39, 0.29) is 24.9 Å². The Morgan fingerprint density at radius 2 is 2.03 bits per heavy atom. The Morgan fingerprint density at radius 1 is 1.25 bits per heavy atom. The number of aromatic amines is 1. The first-order valence-electron chi connectivity index (χ1n) is 11.4. The van der Waals surface area contributed by atoms with Gasteiger partial charge in [-0.05, 0) is 29.3 Å². The summed E-state index contributed by atoms with van der Waals surface area (Å²) < 4.78 is 20.1. The highest BCUT2D eigenvalue weighted by atomic mass is 19.1. The number of anilines is 1. The number of carbonyl (C=O) groups is 3. The number of nitrogens with two attached hydrogens (primary N) is 1. The van der Waals surface area contributed by atoms with Crippen molar-refractivity contribution in [3.63, 3.8) is 0 Å². The third-order valence-electron chi connectivity index (χ3n) is 5.77. The highest BCUT2D eigenvalue weighted by molar-refractivity contribution is 5.90. The molecule has 0 aliphatic carbocycles. The molecule has 0 spiro atoms. The molecule has 1 fully saturated rings. The Balaban J connectivity index is 1.34. The molecule has 1 saturated heterocycles. The van der Waals surface area contributed by atoms with Gasteiger partial charge in [0.2, 0.25) is 11.8 Å². The predicted octanol–water partition coefficient (Wildman–Crippen LogP) is 1.86. The lowest BCUT2D eigenvalue weighted by Gasteiger charge is -2.14. The van der Waals surface area contributed by atoms with Crippen LogP contribution in [-0.4, -0.2) is 53.1 Å². The van der Waals surface area contributed by atoms with Gasteiger partial charge in [0.05, 0.1) is 25.5 Å². The Bertz CT molecular complexity index is 1230. The number of imidazole rings is 1. The van der Waals surface area contributed by atoms with Crippen molar-refractivity contribution in [2.75, 3.05) is 18.0 Å². The van der Waals surface area contributed by atoms with E-state index in [1.54, 1.807) is 42.6 Å². The predicted molar refractivity (Wildman–Crippen MR) is 130 cm³/mol. The van der Waals surface area contributed by atoms with E-state index in [9.17, 15) is 18.8 Å². The van der Waals surface area contributed by atoms with Gasteiger partial charge in [-0.1, -0.05) is 24.3 Å². The molecule has 2 aromatic carbocycles. The number of H-pyrrole nitrogens is 1. The molecule has 4 rings (SSSR count). The Morgan fingerprint density at radius 3 is 2.69 bits per heavy atom. The van der Waals surface area contributed by atoms with Gasteiger partial charge in [-0.25, -0.2) is 14.2 Å². The maximum atomic E-state index is 14.9. The zero-order chi connectivity index (χ0) is 25.7. The number of hydrogen-bond acceptors (Lipinski definition) is 6. The Kier molecular flexibility index (Phi) is 7.59. The van der Waals surface area contributed by atoms with Crippen molar-refractivity contribution < 1.29 is 23.5 Å². The fourth-order valence-corrected chi connectivity index (χ4v) is 3.87. The number of nitrogens with one attached hydrogen (secondary N) is 3. The molecule has 11 heteroatoms. The minimum atomic E-state index is -0.748. The lowest BCUT2D eigenvalue weighted by atomic mass is 10.0. The van der Waals surface area contributed by atoms with E-state index in [1.165, 1.54) is 24.2 Å². The molecule has 36 heavy (non-hydrogen) atoms. The van der Waals surface area contributed by atoms with E-state index in [0.717, 1.165) is 5.69 Å². The van der Waals surface area contributed by atoms with Crippen LogP contribution in [0.2, 0.25) is 0 Å². The number of amides is 3. The van der Waals surface area contributed by atoms with Crippen LogP contribution in [0.5, 0.6) is 0 Å². The molecule has 2 atom stereocenters. The average Bonchev–Trinajstić information content (AvgIpc) is 3.50. The second-order valence-electron chi connectivity index (χ2n) is 8.52. The van der Waals surface area contributed by atoms with Gasteiger partial charge >= 0.3 is 6.09 Å². The van der Waals surface area contributed by atoms with Crippen molar-refractivity contribution in [3.8, 4) is 11.1 Å². The normalized spacial score (nSPS) is 15.9. The minimum Gasteiger partial charge on any atom is -0.442 e. The number of rotatable bonds is 9. The molecule has 188 valence electrons. The number of ether oxygens (including phenoxy) is 1. The van der Waals surface area contributed by atoms with Crippen LogP contribution in [0, 0.1) is 5.82 Å². The van der Waals surface area contributed by atoms with Gasteiger partial charge in [0.25, 0.3) is 0 Å². The minimum absolute atomic E-state index is 0.141. The molecule has 3 amide bonds. The van der Waals surface area contributed by atoms with Crippen LogP contribution in [0.1, 0.15) is 18.2 Å². The number of halogens is 1. The molecule has 1 aliphatic heterocycles. The lowest BCUT2D eigenvalue weighted by Crippen LogP contribution is -2.41. The molecular weight excluding hydrogens is 467 g/mol. The summed E-state index contributed by atoms with van der Waals surface area (Å²) in [5.41, 5.74) is 8.91. The van der Waals surface area contributed by atoms with Crippen LogP contribution >= 0.6 is 0 Å². The smallest absolute Gasteiger partial charge is 0.414 e. The molecule has 0 unspecified atom stereocenters. The summed E-state index contributed by atoms with van der Waals surface area (Å²) in [4.78, 5) is 43.8. The van der Waals surface area contributed by atoms with Crippen molar-refractivity contribution in [1.29, 1.82) is 0 Å². The second kappa shape index (κ2) is 11.0. The first-order valence-corrected chi connectivity index (χ1v) is 11.4. The van der Waals surface area contributed by atoms with Crippen molar-refractivity contribution in [2.24, 2.45) is 5.73 Å². The number of benzene rings is 2. The number of cyclic esters (lactones) is 1. The van der Waals surface area contributed by atoms with E-state index in [1.807, 2.05) is 0 Å². The standard InChI is InChI=1S/C25H27FN6O4/c1-15(33)29-12-20-13-32(25(35)36-20)19-5-3-17(4-6-19)21-7-2-16(8-22(21)26)10-30-24(34)23(27)9-18-11-28-14-31-18/h2-8,11,14,20,23H,9-10,12-13,27H2,1H3,(H,28,31)(H,29,33)(H,30,34)/t20-,23+/m0/s1. The second-order valence-corrected chi connectivity index (χ2v) is 8.52. The van der Waals surface area contributed by atoms with Crippen molar-refractivity contribution in [2.45, 2.75) is 32.0 Å². The average molecular weight is 495 g/mol. The summed E-state index contributed by atoms with van der Waals surface area (Å²) in [6.07, 6.45) is 2.51. The maximum absolute atomic E-state index is 14.9. The fraction of sp³-hybridized carbons (Fsp3) is 0.280. The van der Waals surface area contributed by atoms with E-state index in [4.69, 9.17) is 10.5 Å². The quantitative estimate of drug-likeness (QED) is 0.358. The van der Waals surface area contributed by atoms with Gasteiger partial charge in [-0.3, -0.25) is 14.5 Å². The van der Waals surface area contributed by atoms with Gasteiger partial charge in [0, 0.05) is 43.0 Å². The van der Waals surface area contributed by atoms with Crippen molar-refractivity contribution >= 4 is 23.6 Å². The highest BCUT2D eigenvalue weighted by Gasteiger charge is 2.32. The first kappa shape index (κ1) is 24.9. The number of nitrogens with zero attached hydrogens (tertiary/aromatic N) is 2. The van der Waals surface area contributed by atoms with E-state index in [2.05, 4.69) is 20.6 Å². The molecule has 3 aromatic rings. The van der Waals surface area contributed by atoms with Gasteiger partial charge in [0.1, 0.15) is 11.9 Å². The third-order valence-corrected chi connectivity index (χ3v) is 5.77. The number of hydrogen-bond donors (Lipinski definition) is 4. The zero-order valence-electron chi connectivity index (χ0n) is 19.7. The summed E-state index contributed by atoms with van der Waals surface area (Å²) >= 11 is 0. The molecular formula is C25H27FN6O4. The summed E-state index contributed by atoms with van der Waals surface area (Å²) in [6, 6.07) is 10.9. The van der Waals surface area contributed by atoms with Crippen molar-refractivity contribution in [1.82, 2.24) is 20.6 Å². The summed E-state index contributed by atoms with van der Waals surface area (Å²) in [5.74, 6) is -0.977. The van der Waals surface area contributed by atoms with Crippen LogP contribution in [0.15, 0.2) is 55.0 Å². The fourth-order valence-electron chi connectivity index (χ4n) is 3.87. The Labute approximate surface area is 207 Å². The molecule has 2 heterocycles. The number of carbonyl (C=O) groups excluding carboxylic acids is 3. The van der Waals surface area contributed by atoms with Crippen LogP contribution < -0.4 is 21.3 Å². The lowest BCUT2D eigenvalue weighted by molar-refractivity contribution is -0.122. The zero-order valence-corrected chi connectivity index (χ0v) is 19.7. The molecule has 1 aromatic heterocycles. The van der Waals surface area contributed by atoms with E-state index in [0.29, 0.717) is 35.3 Å². The van der Waals surface area contributed by atoms with Crippen LogP contribution in [0.25, 0.3) is 11.1 Å². The molecule has 0 saturated carbocycles. The Hall–Kier alpha value is -4.25.